The maximum Gasteiger partial charge on any atom is 0.0700 e. The molecule has 19 heavy (non-hydrogen) atoms. The number of nitrogens with one attached hydrogen (secondary N) is 1. The Morgan fingerprint density at radius 3 is 2.74 bits per heavy atom. The predicted octanol–water partition coefficient (Wildman–Crippen LogP) is 1.89. The van der Waals surface area contributed by atoms with E-state index in [1.165, 1.54) is 45.3 Å². The molecule has 0 aliphatic carbocycles. The molecule has 4 nitrogen and oxygen atoms in total. The van der Waals surface area contributed by atoms with Crippen LogP contribution in [0.5, 0.6) is 0 Å². The van der Waals surface area contributed by atoms with Gasteiger partial charge in [-0.2, -0.15) is 0 Å². The molecule has 0 bridgehead atoms. The standard InChI is InChI=1S/C15H32N2O2/c1-3-9-17(10-6-11-19-13-12-18-2)14-15-7-4-5-8-16-15/h15-16H,3-14H2,1-2H3. The van der Waals surface area contributed by atoms with E-state index >= 15 is 0 Å². The second-order valence-electron chi connectivity index (χ2n) is 5.41. The minimum atomic E-state index is 0.699. The zero-order valence-electron chi connectivity index (χ0n) is 12.8. The molecule has 0 aromatic heterocycles. The summed E-state index contributed by atoms with van der Waals surface area (Å²) in [5.74, 6) is 0. The molecule has 1 N–H and O–H groups in total. The van der Waals surface area contributed by atoms with Gasteiger partial charge in [0.25, 0.3) is 0 Å². The monoisotopic (exact) mass is 272 g/mol. The SMILES string of the molecule is CCCN(CCCOCCOC)CC1CCCCN1. The molecule has 4 heteroatoms. The van der Waals surface area contributed by atoms with Crippen LogP contribution >= 0.6 is 0 Å². The molecule has 114 valence electrons. The number of piperidine rings is 1. The van der Waals surface area contributed by atoms with Gasteiger partial charge in [0, 0.05) is 32.8 Å². The lowest BCUT2D eigenvalue weighted by atomic mass is 10.0. The van der Waals surface area contributed by atoms with Gasteiger partial charge < -0.3 is 19.7 Å². The molecule has 0 amide bonds. The van der Waals surface area contributed by atoms with Crippen molar-refractivity contribution in [2.24, 2.45) is 0 Å². The smallest absolute Gasteiger partial charge is 0.0700 e. The minimum absolute atomic E-state index is 0.699. The Balaban J connectivity index is 2.09. The average molecular weight is 272 g/mol. The molecule has 0 aromatic rings. The largest absolute Gasteiger partial charge is 0.382 e. The Labute approximate surface area is 118 Å². The fraction of sp³-hybridized carbons (Fsp3) is 1.00. The van der Waals surface area contributed by atoms with Crippen molar-refractivity contribution in [1.82, 2.24) is 10.2 Å². The summed E-state index contributed by atoms with van der Waals surface area (Å²) in [6.45, 7) is 9.28. The lowest BCUT2D eigenvalue weighted by molar-refractivity contribution is 0.0645. The Bertz CT molecular complexity index is 197. The molecule has 1 heterocycles. The number of rotatable bonds is 11. The molecular weight excluding hydrogens is 240 g/mol. The van der Waals surface area contributed by atoms with Crippen LogP contribution in [0.4, 0.5) is 0 Å². The molecule has 1 aliphatic heterocycles. The topological polar surface area (TPSA) is 33.7 Å². The van der Waals surface area contributed by atoms with Crippen LogP contribution in [0.2, 0.25) is 0 Å². The maximum absolute atomic E-state index is 5.53. The predicted molar refractivity (Wildman–Crippen MR) is 79.7 cm³/mol. The normalized spacial score (nSPS) is 20.1. The molecule has 0 aromatic carbocycles. The summed E-state index contributed by atoms with van der Waals surface area (Å²) in [5.41, 5.74) is 0. The van der Waals surface area contributed by atoms with E-state index in [1.54, 1.807) is 7.11 Å². The third-order valence-corrected chi connectivity index (χ3v) is 3.63. The van der Waals surface area contributed by atoms with E-state index in [1.807, 2.05) is 0 Å². The molecule has 0 saturated carbocycles. The first kappa shape index (κ1) is 16.9. The van der Waals surface area contributed by atoms with Crippen LogP contribution in [0.25, 0.3) is 0 Å². The van der Waals surface area contributed by atoms with E-state index in [4.69, 9.17) is 9.47 Å². The van der Waals surface area contributed by atoms with Crippen molar-refractivity contribution in [3.05, 3.63) is 0 Å². The minimum Gasteiger partial charge on any atom is -0.382 e. The fourth-order valence-electron chi connectivity index (χ4n) is 2.64. The van der Waals surface area contributed by atoms with E-state index in [-0.39, 0.29) is 0 Å². The molecule has 1 fully saturated rings. The lowest BCUT2D eigenvalue weighted by Gasteiger charge is -2.30. The van der Waals surface area contributed by atoms with Crippen molar-refractivity contribution in [3.8, 4) is 0 Å². The van der Waals surface area contributed by atoms with Gasteiger partial charge in [0.1, 0.15) is 0 Å². The van der Waals surface area contributed by atoms with E-state index in [2.05, 4.69) is 17.1 Å². The summed E-state index contributed by atoms with van der Waals surface area (Å²) < 4.78 is 10.5. The molecule has 0 radical (unpaired) electrons. The van der Waals surface area contributed by atoms with Gasteiger partial charge in [-0.1, -0.05) is 13.3 Å². The van der Waals surface area contributed by atoms with Crippen molar-refractivity contribution in [2.75, 3.05) is 53.1 Å². The molecule has 0 spiro atoms. The molecule has 1 saturated heterocycles. The highest BCUT2D eigenvalue weighted by Crippen LogP contribution is 2.09. The zero-order valence-corrected chi connectivity index (χ0v) is 12.8. The fourth-order valence-corrected chi connectivity index (χ4v) is 2.64. The van der Waals surface area contributed by atoms with E-state index in [9.17, 15) is 0 Å². The van der Waals surface area contributed by atoms with Gasteiger partial charge in [0.2, 0.25) is 0 Å². The van der Waals surface area contributed by atoms with Crippen molar-refractivity contribution in [2.45, 2.75) is 45.1 Å². The van der Waals surface area contributed by atoms with Crippen molar-refractivity contribution >= 4 is 0 Å². The second kappa shape index (κ2) is 11.6. The number of hydrogen-bond donors (Lipinski definition) is 1. The van der Waals surface area contributed by atoms with Gasteiger partial charge in [-0.05, 0) is 38.8 Å². The van der Waals surface area contributed by atoms with E-state index in [0.29, 0.717) is 19.3 Å². The molecule has 1 rings (SSSR count). The van der Waals surface area contributed by atoms with Crippen LogP contribution < -0.4 is 5.32 Å². The Morgan fingerprint density at radius 2 is 2.05 bits per heavy atom. The van der Waals surface area contributed by atoms with Crippen molar-refractivity contribution in [1.29, 1.82) is 0 Å². The highest BCUT2D eigenvalue weighted by molar-refractivity contribution is 4.76. The maximum atomic E-state index is 5.53. The van der Waals surface area contributed by atoms with Crippen LogP contribution in [0.1, 0.15) is 39.0 Å². The zero-order chi connectivity index (χ0) is 13.8. The number of hydrogen-bond acceptors (Lipinski definition) is 4. The Hall–Kier alpha value is -0.160. The van der Waals surface area contributed by atoms with Crippen molar-refractivity contribution < 1.29 is 9.47 Å². The van der Waals surface area contributed by atoms with Crippen LogP contribution in [0.3, 0.4) is 0 Å². The summed E-state index contributed by atoms with van der Waals surface area (Å²) >= 11 is 0. The highest BCUT2D eigenvalue weighted by Gasteiger charge is 2.15. The van der Waals surface area contributed by atoms with Crippen LogP contribution in [0, 0.1) is 0 Å². The molecular formula is C15H32N2O2. The third kappa shape index (κ3) is 8.58. The summed E-state index contributed by atoms with van der Waals surface area (Å²) in [7, 11) is 1.71. The van der Waals surface area contributed by atoms with Gasteiger partial charge in [-0.15, -0.1) is 0 Å². The summed E-state index contributed by atoms with van der Waals surface area (Å²) in [6.07, 6.45) is 6.42. The number of ether oxygens (including phenoxy) is 2. The molecule has 1 aliphatic rings. The summed E-state index contributed by atoms with van der Waals surface area (Å²) in [5, 5.41) is 3.64. The van der Waals surface area contributed by atoms with Gasteiger partial charge in [-0.3, -0.25) is 0 Å². The van der Waals surface area contributed by atoms with E-state index < -0.39 is 0 Å². The first-order chi connectivity index (χ1) is 9.36. The molecule has 1 atom stereocenters. The van der Waals surface area contributed by atoms with Crippen molar-refractivity contribution in [3.63, 3.8) is 0 Å². The summed E-state index contributed by atoms with van der Waals surface area (Å²) in [4.78, 5) is 2.59. The van der Waals surface area contributed by atoms with Crippen LogP contribution in [-0.4, -0.2) is 64.1 Å². The second-order valence-corrected chi connectivity index (χ2v) is 5.41. The molecule has 1 unspecified atom stereocenters. The van der Waals surface area contributed by atoms with E-state index in [0.717, 1.165) is 19.6 Å². The average Bonchev–Trinajstić information content (AvgIpc) is 2.44. The number of methoxy groups -OCH3 is 1. The highest BCUT2D eigenvalue weighted by atomic mass is 16.5. The Kier molecular flexibility index (Phi) is 10.4. The number of nitrogens with zero attached hydrogens (tertiary/aromatic N) is 1. The van der Waals surface area contributed by atoms with Gasteiger partial charge in [-0.25, -0.2) is 0 Å². The first-order valence-corrected chi connectivity index (χ1v) is 7.89. The quantitative estimate of drug-likeness (QED) is 0.582. The van der Waals surface area contributed by atoms with Crippen LogP contribution in [0.15, 0.2) is 0 Å². The van der Waals surface area contributed by atoms with Crippen LogP contribution in [-0.2, 0) is 9.47 Å². The summed E-state index contributed by atoms with van der Waals surface area (Å²) in [6, 6.07) is 0.703. The van der Waals surface area contributed by atoms with Gasteiger partial charge >= 0.3 is 0 Å². The lowest BCUT2D eigenvalue weighted by Crippen LogP contribution is -2.44. The first-order valence-electron chi connectivity index (χ1n) is 7.89. The van der Waals surface area contributed by atoms with Gasteiger partial charge in [0.15, 0.2) is 0 Å². The Morgan fingerprint density at radius 1 is 1.16 bits per heavy atom. The van der Waals surface area contributed by atoms with Gasteiger partial charge in [0.05, 0.1) is 13.2 Å². The third-order valence-electron chi connectivity index (χ3n) is 3.63.